The highest BCUT2D eigenvalue weighted by Gasteiger charge is 2.15. The molecule has 20 heavy (non-hydrogen) atoms. The lowest BCUT2D eigenvalue weighted by molar-refractivity contribution is 0.0694. The molecule has 1 aromatic heterocycles. The van der Waals surface area contributed by atoms with Crippen LogP contribution in [0.15, 0.2) is 23.1 Å². The van der Waals surface area contributed by atoms with Crippen LogP contribution < -0.4 is 5.56 Å². The molecule has 0 spiro atoms. The predicted octanol–water partition coefficient (Wildman–Crippen LogP) is 1.67. The van der Waals surface area contributed by atoms with E-state index in [0.29, 0.717) is 6.54 Å². The van der Waals surface area contributed by atoms with Gasteiger partial charge < -0.3 is 14.6 Å². The number of pyridine rings is 1. The molecule has 0 aliphatic carbocycles. The number of carboxylic acid groups (broad SMARTS) is 1. The smallest absolute Gasteiger partial charge is 0.341 e. The lowest BCUT2D eigenvalue weighted by atomic mass is 10.0. The SMILES string of the molecule is CC1CCCN(CCCn2cccc(C(=O)O)c2=O)C1. The summed E-state index contributed by atoms with van der Waals surface area (Å²) in [4.78, 5) is 25.3. The molecule has 0 amide bonds. The Labute approximate surface area is 118 Å². The zero-order chi connectivity index (χ0) is 14.5. The number of hydrogen-bond donors (Lipinski definition) is 1. The van der Waals surface area contributed by atoms with Crippen molar-refractivity contribution in [1.82, 2.24) is 9.47 Å². The molecule has 1 atom stereocenters. The maximum atomic E-state index is 11.9. The topological polar surface area (TPSA) is 62.5 Å². The molecule has 110 valence electrons. The first kappa shape index (κ1) is 14.8. The Morgan fingerprint density at radius 3 is 2.95 bits per heavy atom. The van der Waals surface area contributed by atoms with Crippen molar-refractivity contribution in [2.24, 2.45) is 5.92 Å². The van der Waals surface area contributed by atoms with Gasteiger partial charge in [0.05, 0.1) is 0 Å². The van der Waals surface area contributed by atoms with Crippen LogP contribution in [-0.2, 0) is 6.54 Å². The van der Waals surface area contributed by atoms with E-state index >= 15 is 0 Å². The molecule has 1 aliphatic rings. The third-order valence-corrected chi connectivity index (χ3v) is 3.87. The molecule has 1 aromatic rings. The van der Waals surface area contributed by atoms with Crippen LogP contribution in [-0.4, -0.2) is 40.2 Å². The van der Waals surface area contributed by atoms with Crippen LogP contribution in [0.5, 0.6) is 0 Å². The summed E-state index contributed by atoms with van der Waals surface area (Å²) < 4.78 is 1.50. The fraction of sp³-hybridized carbons (Fsp3) is 0.600. The second-order valence-corrected chi connectivity index (χ2v) is 5.63. The van der Waals surface area contributed by atoms with Crippen LogP contribution in [0.4, 0.5) is 0 Å². The summed E-state index contributed by atoms with van der Waals surface area (Å²) in [6.07, 6.45) is 5.08. The summed E-state index contributed by atoms with van der Waals surface area (Å²) in [6.45, 7) is 6.07. The Hall–Kier alpha value is -1.62. The average Bonchev–Trinajstić information content (AvgIpc) is 2.40. The number of nitrogens with zero attached hydrogens (tertiary/aromatic N) is 2. The molecule has 1 N–H and O–H groups in total. The number of carbonyl (C=O) groups is 1. The van der Waals surface area contributed by atoms with Crippen molar-refractivity contribution < 1.29 is 9.90 Å². The Kier molecular flexibility index (Phi) is 4.95. The molecular formula is C15H22N2O3. The van der Waals surface area contributed by atoms with Gasteiger partial charge in [-0.15, -0.1) is 0 Å². The second kappa shape index (κ2) is 6.70. The second-order valence-electron chi connectivity index (χ2n) is 5.63. The molecule has 1 saturated heterocycles. The minimum absolute atomic E-state index is 0.154. The van der Waals surface area contributed by atoms with Gasteiger partial charge in [0.2, 0.25) is 0 Å². The van der Waals surface area contributed by atoms with Gasteiger partial charge in [0.1, 0.15) is 5.56 Å². The Morgan fingerprint density at radius 2 is 2.25 bits per heavy atom. The van der Waals surface area contributed by atoms with E-state index in [4.69, 9.17) is 5.11 Å². The van der Waals surface area contributed by atoms with Crippen LogP contribution in [0.25, 0.3) is 0 Å². The monoisotopic (exact) mass is 278 g/mol. The summed E-state index contributed by atoms with van der Waals surface area (Å²) in [7, 11) is 0. The Morgan fingerprint density at radius 1 is 1.45 bits per heavy atom. The first-order valence-electron chi connectivity index (χ1n) is 7.23. The zero-order valence-electron chi connectivity index (χ0n) is 11.9. The van der Waals surface area contributed by atoms with Crippen LogP contribution in [0.3, 0.4) is 0 Å². The largest absolute Gasteiger partial charge is 0.477 e. The lowest BCUT2D eigenvalue weighted by Gasteiger charge is -2.30. The first-order valence-corrected chi connectivity index (χ1v) is 7.23. The normalized spacial score (nSPS) is 19.9. The number of aromatic nitrogens is 1. The molecule has 1 aliphatic heterocycles. The van der Waals surface area contributed by atoms with E-state index in [0.717, 1.165) is 32.0 Å². The minimum atomic E-state index is -1.16. The molecular weight excluding hydrogens is 256 g/mol. The number of carboxylic acids is 1. The van der Waals surface area contributed by atoms with Gasteiger partial charge >= 0.3 is 5.97 Å². The highest BCUT2D eigenvalue weighted by atomic mass is 16.4. The number of hydrogen-bond acceptors (Lipinski definition) is 3. The van der Waals surface area contributed by atoms with Gasteiger partial charge in [-0.05, 0) is 50.4 Å². The first-order chi connectivity index (χ1) is 9.58. The standard InChI is InChI=1S/C15H22N2O3/c1-12-5-2-7-16(11-12)8-4-10-17-9-3-6-13(14(17)18)15(19)20/h3,6,9,12H,2,4-5,7-8,10-11H2,1H3,(H,19,20). The fourth-order valence-corrected chi connectivity index (χ4v) is 2.83. The number of rotatable bonds is 5. The van der Waals surface area contributed by atoms with Crippen molar-refractivity contribution >= 4 is 5.97 Å². The Bertz CT molecular complexity index is 524. The zero-order valence-corrected chi connectivity index (χ0v) is 11.9. The molecule has 0 bridgehead atoms. The third kappa shape index (κ3) is 3.70. The van der Waals surface area contributed by atoms with E-state index in [9.17, 15) is 9.59 Å². The van der Waals surface area contributed by atoms with E-state index in [1.165, 1.54) is 23.5 Å². The van der Waals surface area contributed by atoms with Crippen molar-refractivity contribution in [2.45, 2.75) is 32.7 Å². The van der Waals surface area contributed by atoms with Gasteiger partial charge in [0.25, 0.3) is 5.56 Å². The summed E-state index contributed by atoms with van der Waals surface area (Å²) in [5.41, 5.74) is -0.564. The van der Waals surface area contributed by atoms with Gasteiger partial charge in [-0.1, -0.05) is 6.92 Å². The molecule has 5 nitrogen and oxygen atoms in total. The Balaban J connectivity index is 1.90. The van der Waals surface area contributed by atoms with Gasteiger partial charge in [0, 0.05) is 19.3 Å². The molecule has 0 saturated carbocycles. The minimum Gasteiger partial charge on any atom is -0.477 e. The molecule has 1 unspecified atom stereocenters. The van der Waals surface area contributed by atoms with Crippen molar-refractivity contribution in [2.75, 3.05) is 19.6 Å². The number of likely N-dealkylation sites (tertiary alicyclic amines) is 1. The summed E-state index contributed by atoms with van der Waals surface area (Å²) in [6, 6.07) is 2.97. The lowest BCUT2D eigenvalue weighted by Crippen LogP contribution is -2.35. The van der Waals surface area contributed by atoms with Gasteiger partial charge in [-0.2, -0.15) is 0 Å². The van der Waals surface area contributed by atoms with E-state index in [1.54, 1.807) is 12.3 Å². The maximum absolute atomic E-state index is 11.9. The van der Waals surface area contributed by atoms with Gasteiger partial charge in [-0.25, -0.2) is 4.79 Å². The van der Waals surface area contributed by atoms with E-state index in [-0.39, 0.29) is 5.56 Å². The summed E-state index contributed by atoms with van der Waals surface area (Å²) in [5, 5.41) is 8.93. The number of aromatic carboxylic acids is 1. The highest BCUT2D eigenvalue weighted by molar-refractivity contribution is 5.86. The molecule has 0 radical (unpaired) electrons. The maximum Gasteiger partial charge on any atom is 0.341 e. The van der Waals surface area contributed by atoms with Crippen molar-refractivity contribution in [3.8, 4) is 0 Å². The van der Waals surface area contributed by atoms with Crippen LogP contribution in [0.1, 0.15) is 36.5 Å². The van der Waals surface area contributed by atoms with Gasteiger partial charge in [-0.3, -0.25) is 4.79 Å². The molecule has 2 rings (SSSR count). The van der Waals surface area contributed by atoms with Crippen molar-refractivity contribution in [1.29, 1.82) is 0 Å². The average molecular weight is 278 g/mol. The summed E-state index contributed by atoms with van der Waals surface area (Å²) >= 11 is 0. The van der Waals surface area contributed by atoms with Crippen LogP contribution in [0, 0.1) is 5.92 Å². The van der Waals surface area contributed by atoms with Crippen LogP contribution >= 0.6 is 0 Å². The molecule has 2 heterocycles. The van der Waals surface area contributed by atoms with Crippen molar-refractivity contribution in [3.63, 3.8) is 0 Å². The van der Waals surface area contributed by atoms with Gasteiger partial charge in [0.15, 0.2) is 0 Å². The highest BCUT2D eigenvalue weighted by Crippen LogP contribution is 2.15. The van der Waals surface area contributed by atoms with Crippen LogP contribution in [0.2, 0.25) is 0 Å². The predicted molar refractivity (Wildman–Crippen MR) is 77.1 cm³/mol. The number of piperidine rings is 1. The molecule has 1 fully saturated rings. The summed E-state index contributed by atoms with van der Waals surface area (Å²) in [5.74, 6) is -0.406. The fourth-order valence-electron chi connectivity index (χ4n) is 2.83. The quantitative estimate of drug-likeness (QED) is 0.890. The van der Waals surface area contributed by atoms with E-state index in [2.05, 4.69) is 11.8 Å². The molecule has 0 aromatic carbocycles. The molecule has 5 heteroatoms. The van der Waals surface area contributed by atoms with Crippen molar-refractivity contribution in [3.05, 3.63) is 34.2 Å². The van der Waals surface area contributed by atoms with E-state index in [1.807, 2.05) is 0 Å². The van der Waals surface area contributed by atoms with E-state index < -0.39 is 11.5 Å². The third-order valence-electron chi connectivity index (χ3n) is 3.87. The number of aryl methyl sites for hydroxylation is 1.